The SMILES string of the molecule is O=C(N[C@@H](c1ccccc1)c1ccncc1)N[C@H]1CCCc2occc21. The number of hydrogen-bond donors (Lipinski definition) is 2. The third-order valence-electron chi connectivity index (χ3n) is 4.81. The minimum atomic E-state index is -0.230. The fraction of sp³-hybridized carbons (Fsp3) is 0.238. The Bertz CT molecular complexity index is 822. The summed E-state index contributed by atoms with van der Waals surface area (Å²) in [5.41, 5.74) is 3.11. The Hall–Kier alpha value is -3.08. The van der Waals surface area contributed by atoms with E-state index in [0.717, 1.165) is 41.7 Å². The third kappa shape index (κ3) is 3.47. The highest BCUT2D eigenvalue weighted by molar-refractivity contribution is 5.75. The quantitative estimate of drug-likeness (QED) is 0.745. The Kier molecular flexibility index (Phi) is 4.69. The maximum Gasteiger partial charge on any atom is 0.316 e. The molecule has 0 saturated heterocycles. The molecule has 0 fully saturated rings. The molecule has 3 aromatic rings. The van der Waals surface area contributed by atoms with E-state index in [1.807, 2.05) is 48.5 Å². The molecule has 2 N–H and O–H groups in total. The summed E-state index contributed by atoms with van der Waals surface area (Å²) in [6.07, 6.45) is 8.05. The van der Waals surface area contributed by atoms with E-state index >= 15 is 0 Å². The van der Waals surface area contributed by atoms with Gasteiger partial charge < -0.3 is 15.1 Å². The second-order valence-electron chi connectivity index (χ2n) is 6.49. The fourth-order valence-electron chi connectivity index (χ4n) is 3.53. The Balaban J connectivity index is 1.52. The van der Waals surface area contributed by atoms with Crippen molar-refractivity contribution in [2.45, 2.75) is 31.3 Å². The first kappa shape index (κ1) is 16.4. The average Bonchev–Trinajstić information content (AvgIpc) is 3.17. The zero-order valence-corrected chi connectivity index (χ0v) is 14.4. The molecule has 4 rings (SSSR count). The molecule has 2 atom stereocenters. The largest absolute Gasteiger partial charge is 0.469 e. The lowest BCUT2D eigenvalue weighted by Gasteiger charge is -2.25. The number of nitrogens with zero attached hydrogens (tertiary/aromatic N) is 1. The molecule has 26 heavy (non-hydrogen) atoms. The molecule has 132 valence electrons. The van der Waals surface area contributed by atoms with Crippen LogP contribution in [0.3, 0.4) is 0 Å². The van der Waals surface area contributed by atoms with Crippen molar-refractivity contribution in [1.29, 1.82) is 0 Å². The lowest BCUT2D eigenvalue weighted by Crippen LogP contribution is -2.41. The van der Waals surface area contributed by atoms with Gasteiger partial charge >= 0.3 is 6.03 Å². The number of pyridine rings is 1. The molecule has 0 spiro atoms. The van der Waals surface area contributed by atoms with E-state index in [4.69, 9.17) is 4.42 Å². The van der Waals surface area contributed by atoms with Gasteiger partial charge in [-0.3, -0.25) is 4.98 Å². The third-order valence-corrected chi connectivity index (χ3v) is 4.81. The van der Waals surface area contributed by atoms with Crippen molar-refractivity contribution in [3.8, 4) is 0 Å². The van der Waals surface area contributed by atoms with Crippen LogP contribution >= 0.6 is 0 Å². The number of amides is 2. The number of fused-ring (bicyclic) bond motifs is 1. The van der Waals surface area contributed by atoms with Crippen LogP contribution in [-0.2, 0) is 6.42 Å². The van der Waals surface area contributed by atoms with Crippen molar-refractivity contribution >= 4 is 6.03 Å². The van der Waals surface area contributed by atoms with Gasteiger partial charge in [0.1, 0.15) is 5.76 Å². The van der Waals surface area contributed by atoms with E-state index in [1.165, 1.54) is 0 Å². The number of carbonyl (C=O) groups is 1. The molecule has 1 aliphatic carbocycles. The van der Waals surface area contributed by atoms with Gasteiger partial charge in [0.05, 0.1) is 18.3 Å². The summed E-state index contributed by atoms with van der Waals surface area (Å²) in [4.78, 5) is 16.8. The van der Waals surface area contributed by atoms with E-state index < -0.39 is 0 Å². The molecule has 1 aliphatic rings. The van der Waals surface area contributed by atoms with Crippen LogP contribution in [0.4, 0.5) is 4.79 Å². The predicted octanol–water partition coefficient (Wildman–Crippen LogP) is 4.14. The zero-order valence-electron chi connectivity index (χ0n) is 14.4. The summed E-state index contributed by atoms with van der Waals surface area (Å²) in [6, 6.07) is 15.3. The first-order chi connectivity index (χ1) is 12.8. The standard InChI is InChI=1S/C21H21N3O2/c25-21(23-18-7-4-8-19-17(18)11-14-26-19)24-20(15-5-2-1-3-6-15)16-9-12-22-13-10-16/h1-3,5-6,9-14,18,20H,4,7-8H2,(H2,23,24,25)/t18-,20-/m0/s1. The molecule has 2 amide bonds. The van der Waals surface area contributed by atoms with Gasteiger partial charge in [0.15, 0.2) is 0 Å². The molecule has 0 radical (unpaired) electrons. The van der Waals surface area contributed by atoms with Gasteiger partial charge in [-0.1, -0.05) is 30.3 Å². The first-order valence-corrected chi connectivity index (χ1v) is 8.89. The first-order valence-electron chi connectivity index (χ1n) is 8.89. The molecule has 0 saturated carbocycles. The molecule has 0 unspecified atom stereocenters. The second kappa shape index (κ2) is 7.44. The van der Waals surface area contributed by atoms with Gasteiger partial charge in [-0.15, -0.1) is 0 Å². The summed E-state index contributed by atoms with van der Waals surface area (Å²) < 4.78 is 5.51. The Morgan fingerprint density at radius 2 is 1.85 bits per heavy atom. The lowest BCUT2D eigenvalue weighted by molar-refractivity contribution is 0.233. The van der Waals surface area contributed by atoms with Crippen molar-refractivity contribution < 1.29 is 9.21 Å². The number of rotatable bonds is 4. The van der Waals surface area contributed by atoms with Crippen molar-refractivity contribution in [3.63, 3.8) is 0 Å². The van der Waals surface area contributed by atoms with Gasteiger partial charge in [-0.2, -0.15) is 0 Å². The molecular formula is C21H21N3O2. The van der Waals surface area contributed by atoms with Crippen LogP contribution in [-0.4, -0.2) is 11.0 Å². The molecule has 0 aliphatic heterocycles. The molecule has 0 bridgehead atoms. The number of nitrogens with one attached hydrogen (secondary N) is 2. The molecular weight excluding hydrogens is 326 g/mol. The van der Waals surface area contributed by atoms with Gasteiger partial charge in [0.25, 0.3) is 0 Å². The average molecular weight is 347 g/mol. The van der Waals surface area contributed by atoms with Crippen LogP contribution in [0.2, 0.25) is 0 Å². The minimum Gasteiger partial charge on any atom is -0.469 e. The summed E-state index contributed by atoms with van der Waals surface area (Å²) in [5.74, 6) is 0.982. The monoisotopic (exact) mass is 347 g/mol. The number of benzene rings is 1. The highest BCUT2D eigenvalue weighted by atomic mass is 16.3. The van der Waals surface area contributed by atoms with Crippen LogP contribution in [0.1, 0.15) is 47.4 Å². The predicted molar refractivity (Wildman–Crippen MR) is 98.6 cm³/mol. The molecule has 2 aromatic heterocycles. The van der Waals surface area contributed by atoms with Gasteiger partial charge in [0, 0.05) is 24.4 Å². The van der Waals surface area contributed by atoms with Gasteiger partial charge in [0.2, 0.25) is 0 Å². The van der Waals surface area contributed by atoms with Crippen LogP contribution < -0.4 is 10.6 Å². The van der Waals surface area contributed by atoms with Crippen LogP contribution in [0.5, 0.6) is 0 Å². The van der Waals surface area contributed by atoms with Crippen LogP contribution in [0, 0.1) is 0 Å². The van der Waals surface area contributed by atoms with Gasteiger partial charge in [-0.25, -0.2) is 4.79 Å². The van der Waals surface area contributed by atoms with E-state index in [9.17, 15) is 4.79 Å². The van der Waals surface area contributed by atoms with Crippen molar-refractivity contribution in [3.05, 3.63) is 89.6 Å². The number of hydrogen-bond acceptors (Lipinski definition) is 3. The maximum atomic E-state index is 12.7. The Labute approximate surface area is 152 Å². The Morgan fingerprint density at radius 3 is 2.65 bits per heavy atom. The molecule has 1 aromatic carbocycles. The molecule has 5 nitrogen and oxygen atoms in total. The lowest BCUT2D eigenvalue weighted by atomic mass is 9.93. The second-order valence-corrected chi connectivity index (χ2v) is 6.49. The number of furan rings is 1. The van der Waals surface area contributed by atoms with Crippen LogP contribution in [0.25, 0.3) is 0 Å². The van der Waals surface area contributed by atoms with Crippen molar-refractivity contribution in [2.75, 3.05) is 0 Å². The van der Waals surface area contributed by atoms with E-state index in [-0.39, 0.29) is 18.1 Å². The number of urea groups is 1. The van der Waals surface area contributed by atoms with Crippen molar-refractivity contribution in [1.82, 2.24) is 15.6 Å². The highest BCUT2D eigenvalue weighted by Gasteiger charge is 2.25. The maximum absolute atomic E-state index is 12.7. The van der Waals surface area contributed by atoms with Crippen LogP contribution in [0.15, 0.2) is 71.6 Å². The van der Waals surface area contributed by atoms with E-state index in [1.54, 1.807) is 18.7 Å². The van der Waals surface area contributed by atoms with Crippen molar-refractivity contribution in [2.24, 2.45) is 0 Å². The number of aryl methyl sites for hydroxylation is 1. The molecule has 5 heteroatoms. The topological polar surface area (TPSA) is 67.2 Å². The molecule has 2 heterocycles. The Morgan fingerprint density at radius 1 is 1.08 bits per heavy atom. The number of aromatic nitrogens is 1. The summed E-state index contributed by atoms with van der Waals surface area (Å²) >= 11 is 0. The zero-order chi connectivity index (χ0) is 17.8. The number of carbonyl (C=O) groups excluding carboxylic acids is 1. The van der Waals surface area contributed by atoms with Gasteiger partial charge in [-0.05, 0) is 42.2 Å². The normalized spacial score (nSPS) is 17.2. The highest BCUT2D eigenvalue weighted by Crippen LogP contribution is 2.30. The fourth-order valence-corrected chi connectivity index (χ4v) is 3.53. The minimum absolute atomic E-state index is 0.00800. The summed E-state index contributed by atoms with van der Waals surface area (Å²) in [7, 11) is 0. The smallest absolute Gasteiger partial charge is 0.316 e. The summed E-state index contributed by atoms with van der Waals surface area (Å²) in [6.45, 7) is 0. The summed E-state index contributed by atoms with van der Waals surface area (Å²) in [5, 5.41) is 6.22. The van der Waals surface area contributed by atoms with E-state index in [0.29, 0.717) is 0 Å². The van der Waals surface area contributed by atoms with E-state index in [2.05, 4.69) is 15.6 Å².